The van der Waals surface area contributed by atoms with Crippen molar-refractivity contribution < 1.29 is 0 Å². The molecule has 27 heavy (non-hydrogen) atoms. The van der Waals surface area contributed by atoms with Crippen molar-refractivity contribution in [3.8, 4) is 0 Å². The fourth-order valence-corrected chi connectivity index (χ4v) is 3.49. The summed E-state index contributed by atoms with van der Waals surface area (Å²) in [7, 11) is 0. The van der Waals surface area contributed by atoms with Crippen LogP contribution >= 0.6 is 0 Å². The van der Waals surface area contributed by atoms with Crippen LogP contribution in [0.3, 0.4) is 0 Å². The second-order valence-electron chi connectivity index (χ2n) is 6.27. The maximum Gasteiger partial charge on any atom is 0.251 e. The van der Waals surface area contributed by atoms with Gasteiger partial charge in [-0.3, -0.25) is 19.7 Å². The molecule has 5 heteroatoms. The molecule has 0 saturated carbocycles. The van der Waals surface area contributed by atoms with Crippen LogP contribution in [0.5, 0.6) is 0 Å². The Morgan fingerprint density at radius 3 is 1.63 bits per heavy atom. The summed E-state index contributed by atoms with van der Waals surface area (Å²) < 4.78 is 0. The summed E-state index contributed by atoms with van der Waals surface area (Å²) in [6.07, 6.45) is 12.4. The molecule has 1 atom stereocenters. The van der Waals surface area contributed by atoms with Gasteiger partial charge in [0.25, 0.3) is 5.56 Å². The summed E-state index contributed by atoms with van der Waals surface area (Å²) in [5.74, 6) is -0.350. The van der Waals surface area contributed by atoms with Crippen LogP contribution in [0.1, 0.15) is 34.1 Å². The lowest BCUT2D eigenvalue weighted by molar-refractivity contribution is 0.677. The van der Waals surface area contributed by atoms with Crippen LogP contribution in [0, 0.1) is 0 Å². The molecule has 0 aromatic carbocycles. The first-order chi connectivity index (χ1) is 13.3. The Kier molecular flexibility index (Phi) is 4.83. The lowest BCUT2D eigenvalue weighted by Gasteiger charge is -2.28. The van der Waals surface area contributed by atoms with E-state index in [1.54, 1.807) is 24.8 Å². The molecule has 0 saturated heterocycles. The molecule has 4 aromatic heterocycles. The summed E-state index contributed by atoms with van der Waals surface area (Å²) in [4.78, 5) is 28.4. The smallest absolute Gasteiger partial charge is 0.251 e. The molecule has 0 amide bonds. The number of nitrogens with one attached hydrogen (secondary N) is 1. The van der Waals surface area contributed by atoms with Crippen molar-refractivity contribution in [2.75, 3.05) is 0 Å². The average molecular weight is 354 g/mol. The zero-order chi connectivity index (χ0) is 18.5. The minimum atomic E-state index is -0.225. The van der Waals surface area contributed by atoms with Gasteiger partial charge in [-0.2, -0.15) is 0 Å². The van der Waals surface area contributed by atoms with Gasteiger partial charge in [0.05, 0.1) is 0 Å². The molecule has 0 bridgehead atoms. The van der Waals surface area contributed by atoms with Gasteiger partial charge >= 0.3 is 0 Å². The second kappa shape index (κ2) is 7.74. The maximum atomic E-state index is 12.7. The van der Waals surface area contributed by atoms with Gasteiger partial charge in [0, 0.05) is 60.8 Å². The molecule has 0 fully saturated rings. The van der Waals surface area contributed by atoms with Crippen molar-refractivity contribution >= 4 is 0 Å². The van der Waals surface area contributed by atoms with Crippen molar-refractivity contribution in [3.63, 3.8) is 0 Å². The number of aromatic nitrogens is 4. The fourth-order valence-electron chi connectivity index (χ4n) is 3.49. The van der Waals surface area contributed by atoms with Gasteiger partial charge in [-0.25, -0.2) is 0 Å². The number of aromatic amines is 1. The van der Waals surface area contributed by atoms with Gasteiger partial charge in [0.15, 0.2) is 0 Å². The number of hydrogen-bond acceptors (Lipinski definition) is 4. The minimum Gasteiger partial charge on any atom is -0.329 e. The van der Waals surface area contributed by atoms with E-state index in [1.165, 1.54) is 0 Å². The molecule has 0 radical (unpaired) electrons. The average Bonchev–Trinajstić information content (AvgIpc) is 2.74. The summed E-state index contributed by atoms with van der Waals surface area (Å²) in [6.45, 7) is 0. The van der Waals surface area contributed by atoms with Gasteiger partial charge < -0.3 is 4.98 Å². The predicted octanol–water partition coefficient (Wildman–Crippen LogP) is 3.52. The first-order valence-electron chi connectivity index (χ1n) is 8.72. The first-order valence-corrected chi connectivity index (χ1v) is 8.72. The highest BCUT2D eigenvalue weighted by Crippen LogP contribution is 2.40. The van der Waals surface area contributed by atoms with E-state index in [1.807, 2.05) is 67.1 Å². The van der Waals surface area contributed by atoms with Crippen LogP contribution in [0.15, 0.2) is 96.7 Å². The predicted molar refractivity (Wildman–Crippen MR) is 103 cm³/mol. The number of hydrogen-bond donors (Lipinski definition) is 1. The molecule has 4 aromatic rings. The number of nitrogens with zero attached hydrogens (tertiary/aromatic N) is 3. The molecular weight excluding hydrogens is 336 g/mol. The van der Waals surface area contributed by atoms with Crippen molar-refractivity contribution in [2.24, 2.45) is 0 Å². The molecule has 0 aliphatic heterocycles. The van der Waals surface area contributed by atoms with Crippen molar-refractivity contribution in [1.29, 1.82) is 0 Å². The molecule has 1 N–H and O–H groups in total. The van der Waals surface area contributed by atoms with Gasteiger partial charge in [-0.05, 0) is 41.0 Å². The highest BCUT2D eigenvalue weighted by atomic mass is 16.1. The summed E-state index contributed by atoms with van der Waals surface area (Å²) in [6, 6.07) is 15.5. The number of H-pyrrole nitrogens is 1. The third-order valence-corrected chi connectivity index (χ3v) is 4.65. The topological polar surface area (TPSA) is 71.5 Å². The lowest BCUT2D eigenvalue weighted by Crippen LogP contribution is -2.22. The Labute approximate surface area is 156 Å². The SMILES string of the molecule is O=c1[nH]cccc1C(c1cccnc1)C(c1cccnc1)c1cccnc1. The monoisotopic (exact) mass is 354 g/mol. The summed E-state index contributed by atoms with van der Waals surface area (Å²) in [5.41, 5.74) is 3.57. The van der Waals surface area contributed by atoms with Crippen LogP contribution < -0.4 is 5.56 Å². The van der Waals surface area contributed by atoms with Crippen LogP contribution in [0.25, 0.3) is 0 Å². The quantitative estimate of drug-likeness (QED) is 0.595. The fraction of sp³-hybridized carbons (Fsp3) is 0.0909. The third-order valence-electron chi connectivity index (χ3n) is 4.65. The van der Waals surface area contributed by atoms with Crippen LogP contribution in [0.2, 0.25) is 0 Å². The lowest BCUT2D eigenvalue weighted by atomic mass is 9.75. The van der Waals surface area contributed by atoms with Gasteiger partial charge in [-0.15, -0.1) is 0 Å². The molecule has 0 spiro atoms. The summed E-state index contributed by atoms with van der Waals surface area (Å²) in [5, 5.41) is 0. The van der Waals surface area contributed by atoms with E-state index >= 15 is 0 Å². The van der Waals surface area contributed by atoms with Crippen LogP contribution in [-0.4, -0.2) is 19.9 Å². The Morgan fingerprint density at radius 1 is 0.667 bits per heavy atom. The maximum absolute atomic E-state index is 12.7. The molecule has 4 rings (SSSR count). The largest absolute Gasteiger partial charge is 0.329 e. The van der Waals surface area contributed by atoms with E-state index in [2.05, 4.69) is 19.9 Å². The zero-order valence-electron chi connectivity index (χ0n) is 14.6. The Hall–Kier alpha value is -3.60. The summed E-state index contributed by atoms with van der Waals surface area (Å²) >= 11 is 0. The van der Waals surface area contributed by atoms with E-state index in [4.69, 9.17) is 0 Å². The standard InChI is InChI=1S/C22H18N4O/c27-22-19(8-4-12-26-22)21(18-7-3-11-25-15-18)20(16-5-1-9-23-13-16)17-6-2-10-24-14-17/h1-15,20-21H,(H,26,27). The van der Waals surface area contributed by atoms with Crippen molar-refractivity contribution in [2.45, 2.75) is 11.8 Å². The van der Waals surface area contributed by atoms with Crippen LogP contribution in [-0.2, 0) is 0 Å². The highest BCUT2D eigenvalue weighted by Gasteiger charge is 2.30. The van der Waals surface area contributed by atoms with Crippen LogP contribution in [0.4, 0.5) is 0 Å². The molecule has 1 unspecified atom stereocenters. The Morgan fingerprint density at radius 2 is 1.19 bits per heavy atom. The molecule has 5 nitrogen and oxygen atoms in total. The molecule has 0 aliphatic carbocycles. The van der Waals surface area contributed by atoms with E-state index < -0.39 is 0 Å². The van der Waals surface area contributed by atoms with Crippen molar-refractivity contribution in [3.05, 3.63) is 125 Å². The molecule has 4 heterocycles. The normalized spacial score (nSPS) is 12.0. The van der Waals surface area contributed by atoms with Gasteiger partial charge in [-0.1, -0.05) is 24.3 Å². The number of pyridine rings is 4. The molecule has 132 valence electrons. The van der Waals surface area contributed by atoms with E-state index in [9.17, 15) is 4.79 Å². The van der Waals surface area contributed by atoms with Gasteiger partial charge in [0.2, 0.25) is 0 Å². The van der Waals surface area contributed by atoms with E-state index in [-0.39, 0.29) is 17.4 Å². The van der Waals surface area contributed by atoms with Crippen molar-refractivity contribution in [1.82, 2.24) is 19.9 Å². The minimum absolute atomic E-state index is 0.107. The number of rotatable bonds is 5. The van der Waals surface area contributed by atoms with Gasteiger partial charge in [0.1, 0.15) is 0 Å². The third kappa shape index (κ3) is 3.53. The van der Waals surface area contributed by atoms with E-state index in [0.717, 1.165) is 16.7 Å². The Balaban J connectivity index is 1.98. The Bertz CT molecular complexity index is 1010. The second-order valence-corrected chi connectivity index (χ2v) is 6.27. The molecule has 0 aliphatic rings. The van der Waals surface area contributed by atoms with E-state index in [0.29, 0.717) is 5.56 Å². The zero-order valence-corrected chi connectivity index (χ0v) is 14.6. The first kappa shape index (κ1) is 16.8. The molecular formula is C22H18N4O. The highest BCUT2D eigenvalue weighted by molar-refractivity contribution is 5.41.